The number of alkyl halides is 2. The quantitative estimate of drug-likeness (QED) is 0.361. The monoisotopic (exact) mass is 506 g/mol. The van der Waals surface area contributed by atoms with Gasteiger partial charge in [0.05, 0.1) is 31.3 Å². The van der Waals surface area contributed by atoms with E-state index in [4.69, 9.17) is 4.84 Å². The maximum absolute atomic E-state index is 14.8. The van der Waals surface area contributed by atoms with Crippen molar-refractivity contribution in [1.82, 2.24) is 4.90 Å². The Morgan fingerprint density at radius 1 is 1.06 bits per heavy atom. The van der Waals surface area contributed by atoms with Crippen LogP contribution < -0.4 is 0 Å². The fourth-order valence-electron chi connectivity index (χ4n) is 4.08. The van der Waals surface area contributed by atoms with Crippen molar-refractivity contribution in [2.45, 2.75) is 24.5 Å². The van der Waals surface area contributed by atoms with Crippen LogP contribution in [0.4, 0.5) is 26.3 Å². The molecule has 182 valence electrons. The van der Waals surface area contributed by atoms with Gasteiger partial charge in [0.15, 0.2) is 6.10 Å². The molecule has 0 bridgehead atoms. The molecule has 2 heterocycles. The largest absolute Gasteiger partial charge is 0.386 e. The van der Waals surface area contributed by atoms with E-state index in [1.165, 1.54) is 0 Å². The zero-order valence-corrected chi connectivity index (χ0v) is 18.4. The van der Waals surface area contributed by atoms with E-state index in [0.29, 0.717) is 10.0 Å². The van der Waals surface area contributed by atoms with Crippen LogP contribution in [-0.4, -0.2) is 61.2 Å². The fourth-order valence-corrected chi connectivity index (χ4v) is 4.76. The van der Waals surface area contributed by atoms with Gasteiger partial charge in [0.25, 0.3) is 6.04 Å². The van der Waals surface area contributed by atoms with Crippen LogP contribution in [-0.2, 0) is 14.9 Å². The van der Waals surface area contributed by atoms with Crippen LogP contribution in [0.1, 0.15) is 18.1 Å². The molecule has 1 unspecified atom stereocenters. The van der Waals surface area contributed by atoms with Gasteiger partial charge < -0.3 is 9.74 Å². The van der Waals surface area contributed by atoms with Gasteiger partial charge in [0.1, 0.15) is 35.8 Å². The third-order valence-corrected chi connectivity index (χ3v) is 6.86. The number of sulfonamides is 1. The molecule has 2 atom stereocenters. The number of benzene rings is 2. The predicted molar refractivity (Wildman–Crippen MR) is 110 cm³/mol. The second kappa shape index (κ2) is 8.29. The summed E-state index contributed by atoms with van der Waals surface area (Å²) in [6.45, 7) is 1.79. The molecular formula is C21H18F6N3O3S+. The molecule has 0 aromatic heterocycles. The van der Waals surface area contributed by atoms with Crippen LogP contribution in [0.25, 0.3) is 11.1 Å². The van der Waals surface area contributed by atoms with Gasteiger partial charge in [-0.1, -0.05) is 11.2 Å². The summed E-state index contributed by atoms with van der Waals surface area (Å²) >= 11 is 0. The maximum atomic E-state index is 14.8. The second-order valence-corrected chi connectivity index (χ2v) is 9.96. The lowest BCUT2D eigenvalue weighted by atomic mass is 9.93. The summed E-state index contributed by atoms with van der Waals surface area (Å²) in [6, 6.07) is 2.48. The molecule has 0 aliphatic carbocycles. The number of amidine groups is 1. The van der Waals surface area contributed by atoms with Gasteiger partial charge in [-0.15, -0.1) is 3.98 Å². The van der Waals surface area contributed by atoms with E-state index in [1.807, 2.05) is 0 Å². The number of oxime groups is 1. The van der Waals surface area contributed by atoms with E-state index < -0.39 is 81.1 Å². The minimum Gasteiger partial charge on any atom is -0.386 e. The summed E-state index contributed by atoms with van der Waals surface area (Å²) in [7, 11) is -4.03. The van der Waals surface area contributed by atoms with Crippen molar-refractivity contribution >= 4 is 22.6 Å². The number of likely N-dealkylation sites (tertiary alicyclic amines) is 1. The van der Waals surface area contributed by atoms with Crippen LogP contribution in [0.15, 0.2) is 35.5 Å². The van der Waals surface area contributed by atoms with Crippen LogP contribution in [0, 0.1) is 23.3 Å². The molecule has 4 rings (SSSR count). The fraction of sp³-hybridized carbons (Fsp3) is 0.333. The molecule has 0 N–H and O–H groups in total. The number of hydrogen-bond acceptors (Lipinski definition) is 5. The predicted octanol–water partition coefficient (Wildman–Crippen LogP) is 3.68. The van der Waals surface area contributed by atoms with Crippen molar-refractivity contribution in [2.24, 2.45) is 5.16 Å². The maximum Gasteiger partial charge on any atom is 0.361 e. The van der Waals surface area contributed by atoms with Gasteiger partial charge in [-0.25, -0.2) is 17.6 Å². The van der Waals surface area contributed by atoms with Gasteiger partial charge in [-0.3, -0.25) is 0 Å². The van der Waals surface area contributed by atoms with Gasteiger partial charge >= 0.3 is 15.9 Å². The Bertz CT molecular complexity index is 1290. The molecule has 13 heteroatoms. The Balaban J connectivity index is 1.65. The molecule has 1 fully saturated rings. The first-order chi connectivity index (χ1) is 15.8. The molecule has 2 aromatic rings. The SMILES string of the molecule is C=[N+]([C@@H]1CN(C2=NOC(c3c(F)ccc(F)c3-c3c(F)cccc3F)C2)CC1(F)F)S(C)(=O)=O. The van der Waals surface area contributed by atoms with E-state index >= 15 is 0 Å². The molecule has 34 heavy (non-hydrogen) atoms. The lowest BCUT2D eigenvalue weighted by molar-refractivity contribution is -0.435. The first-order valence-electron chi connectivity index (χ1n) is 9.89. The molecule has 2 aliphatic rings. The average Bonchev–Trinajstić information content (AvgIpc) is 3.33. The number of halogens is 6. The van der Waals surface area contributed by atoms with Crippen LogP contribution in [0.2, 0.25) is 0 Å². The van der Waals surface area contributed by atoms with E-state index in [0.717, 1.165) is 35.4 Å². The standard InChI is InChI=1S/C21H18F6N3O3S/c1-29(34(2,31)32)16-9-30(10-21(16,26)27)17-8-15(33-28-17)19-13(24)6-7-14(25)20(19)18-11(22)4-3-5-12(18)23/h3-7,15-16H,1,8-10H2,2H3/q+1/t15?,16-/m1/s1. The zero-order chi connectivity index (χ0) is 25.0. The highest BCUT2D eigenvalue weighted by molar-refractivity contribution is 7.84. The Morgan fingerprint density at radius 2 is 1.65 bits per heavy atom. The highest BCUT2D eigenvalue weighted by Crippen LogP contribution is 2.41. The highest BCUT2D eigenvalue weighted by Gasteiger charge is 2.58. The summed E-state index contributed by atoms with van der Waals surface area (Å²) in [5.41, 5.74) is -2.04. The molecule has 2 aromatic carbocycles. The summed E-state index contributed by atoms with van der Waals surface area (Å²) in [4.78, 5) is 6.23. The smallest absolute Gasteiger partial charge is 0.361 e. The molecule has 0 radical (unpaired) electrons. The van der Waals surface area contributed by atoms with Gasteiger partial charge in [0.2, 0.25) is 0 Å². The van der Waals surface area contributed by atoms with Gasteiger partial charge in [0, 0.05) is 11.1 Å². The van der Waals surface area contributed by atoms with Gasteiger partial charge in [-0.05, 0) is 24.3 Å². The second-order valence-electron chi connectivity index (χ2n) is 8.03. The Hall–Kier alpha value is -3.09. The van der Waals surface area contributed by atoms with E-state index in [1.54, 1.807) is 0 Å². The summed E-state index contributed by atoms with van der Waals surface area (Å²) in [6.07, 6.45) is -0.971. The Labute approximate surface area is 190 Å². The van der Waals surface area contributed by atoms with E-state index in [2.05, 4.69) is 11.9 Å². The average molecular weight is 506 g/mol. The van der Waals surface area contributed by atoms with Crippen molar-refractivity contribution in [1.29, 1.82) is 0 Å². The summed E-state index contributed by atoms with van der Waals surface area (Å²) in [5, 5.41) is 3.69. The first-order valence-corrected chi connectivity index (χ1v) is 11.7. The third-order valence-electron chi connectivity index (χ3n) is 5.75. The Kier molecular flexibility index (Phi) is 5.86. The molecule has 0 saturated carbocycles. The molecule has 1 saturated heterocycles. The first kappa shape index (κ1) is 24.0. The van der Waals surface area contributed by atoms with Crippen LogP contribution in [0.3, 0.4) is 0 Å². The van der Waals surface area contributed by atoms with E-state index in [9.17, 15) is 34.8 Å². The minimum atomic E-state index is -4.03. The third kappa shape index (κ3) is 4.12. The lowest BCUT2D eigenvalue weighted by Crippen LogP contribution is -2.43. The number of nitrogens with zero attached hydrogens (tertiary/aromatic N) is 3. The summed E-state index contributed by atoms with van der Waals surface area (Å²) < 4.78 is 111. The lowest BCUT2D eigenvalue weighted by Gasteiger charge is -2.18. The van der Waals surface area contributed by atoms with Crippen LogP contribution >= 0.6 is 0 Å². The molecule has 0 spiro atoms. The van der Waals surface area contributed by atoms with Crippen molar-refractivity contribution in [3.63, 3.8) is 0 Å². The van der Waals surface area contributed by atoms with Crippen LogP contribution in [0.5, 0.6) is 0 Å². The molecule has 2 aliphatic heterocycles. The number of hydrogen-bond donors (Lipinski definition) is 0. The zero-order valence-electron chi connectivity index (χ0n) is 17.6. The van der Waals surface area contributed by atoms with E-state index in [-0.39, 0.29) is 12.3 Å². The van der Waals surface area contributed by atoms with Crippen molar-refractivity contribution in [3.8, 4) is 11.1 Å². The van der Waals surface area contributed by atoms with Crippen molar-refractivity contribution in [3.05, 3.63) is 59.2 Å². The molecular weight excluding hydrogens is 488 g/mol. The molecule has 0 amide bonds. The molecule has 6 nitrogen and oxygen atoms in total. The van der Waals surface area contributed by atoms with Gasteiger partial charge in [-0.2, -0.15) is 17.2 Å². The highest BCUT2D eigenvalue weighted by atomic mass is 32.2. The summed E-state index contributed by atoms with van der Waals surface area (Å²) in [5.74, 6) is -8.00. The normalized spacial score (nSPS) is 22.0. The minimum absolute atomic E-state index is 0.0855. The van der Waals surface area contributed by atoms with Crippen molar-refractivity contribution in [2.75, 3.05) is 19.3 Å². The Morgan fingerprint density at radius 3 is 2.26 bits per heavy atom. The topological polar surface area (TPSA) is 62.0 Å². The van der Waals surface area contributed by atoms with Crippen molar-refractivity contribution < 1.29 is 43.6 Å². The number of rotatable bonds is 4.